The highest BCUT2D eigenvalue weighted by molar-refractivity contribution is 5.90. The van der Waals surface area contributed by atoms with Gasteiger partial charge in [0.25, 0.3) is 0 Å². The van der Waals surface area contributed by atoms with Crippen molar-refractivity contribution in [2.45, 2.75) is 46.1 Å². The van der Waals surface area contributed by atoms with Crippen LogP contribution in [0, 0.1) is 20.8 Å². The average molecular weight is 429 g/mol. The second-order valence-corrected chi connectivity index (χ2v) is 9.20. The molecule has 3 heterocycles. The van der Waals surface area contributed by atoms with Gasteiger partial charge in [0, 0.05) is 37.2 Å². The zero-order valence-electron chi connectivity index (χ0n) is 19.5. The SMILES string of the molecule is CCN1c2cc(C)ccc2-n2cccc2C12CCN(C(=O)Nc1cccc(C)c1C)CC2. The molecule has 1 aromatic heterocycles. The minimum absolute atomic E-state index is 0.000893. The largest absolute Gasteiger partial charge is 0.359 e. The number of nitrogens with one attached hydrogen (secondary N) is 1. The van der Waals surface area contributed by atoms with Crippen LogP contribution in [-0.4, -0.2) is 35.1 Å². The molecule has 3 aromatic rings. The first-order valence-electron chi connectivity index (χ1n) is 11.6. The van der Waals surface area contributed by atoms with E-state index in [0.29, 0.717) is 0 Å². The van der Waals surface area contributed by atoms with E-state index < -0.39 is 0 Å². The Morgan fingerprint density at radius 3 is 2.53 bits per heavy atom. The van der Waals surface area contributed by atoms with Crippen molar-refractivity contribution < 1.29 is 4.79 Å². The van der Waals surface area contributed by atoms with E-state index in [2.05, 4.69) is 85.1 Å². The number of likely N-dealkylation sites (tertiary alicyclic amines) is 1. The fourth-order valence-corrected chi connectivity index (χ4v) is 5.55. The Bertz CT molecular complexity index is 1170. The number of carbonyl (C=O) groups excluding carboxylic acids is 1. The number of nitrogens with zero attached hydrogens (tertiary/aromatic N) is 3. The molecule has 5 nitrogen and oxygen atoms in total. The molecule has 166 valence electrons. The predicted octanol–water partition coefficient (Wildman–Crippen LogP) is 5.77. The molecule has 32 heavy (non-hydrogen) atoms. The summed E-state index contributed by atoms with van der Waals surface area (Å²) in [4.78, 5) is 17.6. The Labute approximate surface area is 190 Å². The summed E-state index contributed by atoms with van der Waals surface area (Å²) in [5, 5.41) is 3.14. The number of amides is 2. The number of rotatable bonds is 2. The lowest BCUT2D eigenvalue weighted by Gasteiger charge is -2.53. The zero-order chi connectivity index (χ0) is 22.5. The van der Waals surface area contributed by atoms with Crippen LogP contribution in [0.3, 0.4) is 0 Å². The molecule has 0 radical (unpaired) electrons. The third-order valence-electron chi connectivity index (χ3n) is 7.46. The van der Waals surface area contributed by atoms with Gasteiger partial charge in [0.05, 0.1) is 16.9 Å². The molecule has 2 amide bonds. The maximum absolute atomic E-state index is 13.1. The number of hydrogen-bond donors (Lipinski definition) is 1. The van der Waals surface area contributed by atoms with E-state index in [0.717, 1.165) is 43.7 Å². The molecule has 5 rings (SSSR count). The highest BCUT2D eigenvalue weighted by Gasteiger charge is 2.46. The van der Waals surface area contributed by atoms with Crippen LogP contribution in [-0.2, 0) is 5.54 Å². The van der Waals surface area contributed by atoms with E-state index in [-0.39, 0.29) is 11.6 Å². The minimum atomic E-state index is -0.0882. The summed E-state index contributed by atoms with van der Waals surface area (Å²) < 4.78 is 2.35. The number of anilines is 2. The summed E-state index contributed by atoms with van der Waals surface area (Å²) in [5.41, 5.74) is 8.29. The third kappa shape index (κ3) is 3.10. The number of piperidine rings is 1. The van der Waals surface area contributed by atoms with Gasteiger partial charge < -0.3 is 19.7 Å². The number of aryl methyl sites for hydroxylation is 2. The van der Waals surface area contributed by atoms with E-state index in [1.807, 2.05) is 17.0 Å². The normalized spacial score (nSPS) is 16.6. The Morgan fingerprint density at radius 2 is 1.78 bits per heavy atom. The fraction of sp³-hybridized carbons (Fsp3) is 0.370. The minimum Gasteiger partial charge on any atom is -0.359 e. The lowest BCUT2D eigenvalue weighted by Crippen LogP contribution is -2.57. The van der Waals surface area contributed by atoms with Crippen LogP contribution in [0.15, 0.2) is 54.7 Å². The average Bonchev–Trinajstić information content (AvgIpc) is 3.28. The predicted molar refractivity (Wildman–Crippen MR) is 131 cm³/mol. The molecule has 1 fully saturated rings. The van der Waals surface area contributed by atoms with Gasteiger partial charge in [-0.15, -0.1) is 0 Å². The van der Waals surface area contributed by atoms with Crippen LogP contribution >= 0.6 is 0 Å². The molecule has 0 atom stereocenters. The summed E-state index contributed by atoms with van der Waals surface area (Å²) in [6.45, 7) is 10.9. The standard InChI is InChI=1S/C27H32N4O/c1-5-31-24-18-19(2)11-12-23(24)30-15-7-10-25(30)27(31)13-16-29(17-14-27)26(32)28-22-9-6-8-20(3)21(22)4/h6-12,15,18H,5,13-14,16-17H2,1-4H3,(H,28,32). The van der Waals surface area contributed by atoms with Gasteiger partial charge in [0.2, 0.25) is 0 Å². The van der Waals surface area contributed by atoms with Crippen LogP contribution in [0.5, 0.6) is 0 Å². The Balaban J connectivity index is 1.42. The van der Waals surface area contributed by atoms with Crippen LogP contribution < -0.4 is 10.2 Å². The Kier molecular flexibility index (Phi) is 5.00. The van der Waals surface area contributed by atoms with Gasteiger partial charge in [-0.05, 0) is 87.6 Å². The molecular formula is C27H32N4O. The van der Waals surface area contributed by atoms with Crippen molar-refractivity contribution in [3.05, 3.63) is 77.1 Å². The lowest BCUT2D eigenvalue weighted by molar-refractivity contribution is 0.160. The number of aromatic nitrogens is 1. The second kappa shape index (κ2) is 7.73. The maximum atomic E-state index is 13.1. The Hall–Kier alpha value is -3.21. The summed E-state index contributed by atoms with van der Waals surface area (Å²) in [7, 11) is 0. The number of fused-ring (bicyclic) bond motifs is 4. The summed E-state index contributed by atoms with van der Waals surface area (Å²) in [5.74, 6) is 0. The Morgan fingerprint density at radius 1 is 1.00 bits per heavy atom. The highest BCUT2D eigenvalue weighted by Crippen LogP contribution is 2.48. The molecule has 0 aliphatic carbocycles. The first-order chi connectivity index (χ1) is 15.4. The number of benzene rings is 2. The van der Waals surface area contributed by atoms with Crippen LogP contribution in [0.4, 0.5) is 16.2 Å². The highest BCUT2D eigenvalue weighted by atomic mass is 16.2. The molecule has 5 heteroatoms. The van der Waals surface area contributed by atoms with E-state index in [9.17, 15) is 4.79 Å². The molecule has 2 aromatic carbocycles. The van der Waals surface area contributed by atoms with Gasteiger partial charge in [-0.2, -0.15) is 0 Å². The van der Waals surface area contributed by atoms with Crippen molar-refractivity contribution >= 4 is 17.4 Å². The zero-order valence-corrected chi connectivity index (χ0v) is 19.5. The van der Waals surface area contributed by atoms with Gasteiger partial charge in [-0.3, -0.25) is 0 Å². The van der Waals surface area contributed by atoms with E-state index in [1.165, 1.54) is 28.2 Å². The molecule has 0 bridgehead atoms. The first-order valence-corrected chi connectivity index (χ1v) is 11.6. The van der Waals surface area contributed by atoms with E-state index >= 15 is 0 Å². The van der Waals surface area contributed by atoms with Crippen molar-refractivity contribution in [1.82, 2.24) is 9.47 Å². The molecular weight excluding hydrogens is 396 g/mol. The topological polar surface area (TPSA) is 40.5 Å². The molecule has 1 saturated heterocycles. The van der Waals surface area contributed by atoms with Crippen molar-refractivity contribution in [2.75, 3.05) is 29.9 Å². The van der Waals surface area contributed by atoms with Gasteiger partial charge in [-0.1, -0.05) is 18.2 Å². The van der Waals surface area contributed by atoms with Crippen molar-refractivity contribution in [3.8, 4) is 5.69 Å². The maximum Gasteiger partial charge on any atom is 0.321 e. The molecule has 1 spiro atoms. The van der Waals surface area contributed by atoms with Crippen LogP contribution in [0.25, 0.3) is 5.69 Å². The lowest BCUT2D eigenvalue weighted by atomic mass is 9.80. The van der Waals surface area contributed by atoms with Crippen LogP contribution in [0.1, 0.15) is 42.1 Å². The van der Waals surface area contributed by atoms with Gasteiger partial charge in [0.15, 0.2) is 0 Å². The van der Waals surface area contributed by atoms with E-state index in [4.69, 9.17) is 0 Å². The summed E-state index contributed by atoms with van der Waals surface area (Å²) >= 11 is 0. The van der Waals surface area contributed by atoms with Gasteiger partial charge in [0.1, 0.15) is 0 Å². The monoisotopic (exact) mass is 428 g/mol. The molecule has 2 aliphatic rings. The smallest absolute Gasteiger partial charge is 0.321 e. The van der Waals surface area contributed by atoms with Crippen LogP contribution in [0.2, 0.25) is 0 Å². The number of urea groups is 1. The van der Waals surface area contributed by atoms with Crippen molar-refractivity contribution in [2.24, 2.45) is 0 Å². The molecule has 0 unspecified atom stereocenters. The first kappa shape index (κ1) is 20.7. The van der Waals surface area contributed by atoms with Gasteiger partial charge >= 0.3 is 6.03 Å². The molecule has 1 N–H and O–H groups in total. The van der Waals surface area contributed by atoms with Crippen molar-refractivity contribution in [3.63, 3.8) is 0 Å². The van der Waals surface area contributed by atoms with E-state index in [1.54, 1.807) is 0 Å². The summed E-state index contributed by atoms with van der Waals surface area (Å²) in [6.07, 6.45) is 4.01. The quantitative estimate of drug-likeness (QED) is 0.563. The molecule has 0 saturated carbocycles. The van der Waals surface area contributed by atoms with Crippen molar-refractivity contribution in [1.29, 1.82) is 0 Å². The third-order valence-corrected chi connectivity index (χ3v) is 7.46. The summed E-state index contributed by atoms with van der Waals surface area (Å²) in [6, 6.07) is 17.2. The second-order valence-electron chi connectivity index (χ2n) is 9.20. The number of hydrogen-bond acceptors (Lipinski definition) is 2. The van der Waals surface area contributed by atoms with Gasteiger partial charge in [-0.25, -0.2) is 4.79 Å². The molecule has 2 aliphatic heterocycles. The number of carbonyl (C=O) groups is 1. The fourth-order valence-electron chi connectivity index (χ4n) is 5.55.